The van der Waals surface area contributed by atoms with E-state index in [4.69, 9.17) is 4.74 Å². The summed E-state index contributed by atoms with van der Waals surface area (Å²) in [4.78, 5) is 28.3. The lowest BCUT2D eigenvalue weighted by Crippen LogP contribution is -2.24. The molecule has 140 valence electrons. The summed E-state index contributed by atoms with van der Waals surface area (Å²) in [6.45, 7) is 3.17. The molecule has 6 nitrogen and oxygen atoms in total. The zero-order valence-corrected chi connectivity index (χ0v) is 16.0. The summed E-state index contributed by atoms with van der Waals surface area (Å²) in [6.07, 6.45) is 1.64. The molecule has 0 unspecified atom stereocenters. The Hall–Kier alpha value is -2.93. The van der Waals surface area contributed by atoms with Crippen LogP contribution < -0.4 is 0 Å². The van der Waals surface area contributed by atoms with Crippen LogP contribution in [0.1, 0.15) is 33.2 Å². The second-order valence-electron chi connectivity index (χ2n) is 6.41. The Morgan fingerprint density at radius 1 is 1.07 bits per heavy atom. The Balaban J connectivity index is 1.85. The molecule has 7 heteroatoms. The minimum atomic E-state index is -3.46. The van der Waals surface area contributed by atoms with E-state index in [-0.39, 0.29) is 16.2 Å². The lowest BCUT2D eigenvalue weighted by Gasteiger charge is -2.13. The molecule has 1 atom stereocenters. The third kappa shape index (κ3) is 3.78. The number of aromatic amines is 1. The molecule has 0 saturated carbocycles. The van der Waals surface area contributed by atoms with Gasteiger partial charge in [0, 0.05) is 28.9 Å². The molecule has 0 radical (unpaired) electrons. The molecule has 3 aromatic rings. The molecule has 2 aromatic carbocycles. The van der Waals surface area contributed by atoms with Crippen molar-refractivity contribution in [3.05, 3.63) is 65.4 Å². The van der Waals surface area contributed by atoms with Gasteiger partial charge in [0.15, 0.2) is 15.9 Å². The number of rotatable bonds is 5. The number of H-pyrrole nitrogens is 1. The van der Waals surface area contributed by atoms with Gasteiger partial charge in [0.2, 0.25) is 5.78 Å². The van der Waals surface area contributed by atoms with E-state index in [0.29, 0.717) is 11.1 Å². The Morgan fingerprint density at radius 3 is 2.48 bits per heavy atom. The van der Waals surface area contributed by atoms with Crippen molar-refractivity contribution in [1.29, 1.82) is 0 Å². The number of sulfone groups is 1. The van der Waals surface area contributed by atoms with Crippen LogP contribution in [0.2, 0.25) is 0 Å². The number of carbonyl (C=O) groups excluding carboxylic acids is 2. The van der Waals surface area contributed by atoms with Gasteiger partial charge in [0.05, 0.1) is 10.5 Å². The largest absolute Gasteiger partial charge is 0.451 e. The topological polar surface area (TPSA) is 93.3 Å². The smallest absolute Gasteiger partial charge is 0.339 e. The molecule has 0 fully saturated rings. The van der Waals surface area contributed by atoms with Gasteiger partial charge >= 0.3 is 5.97 Å². The summed E-state index contributed by atoms with van der Waals surface area (Å²) in [5.74, 6) is -1.07. The number of carbonyl (C=O) groups is 2. The van der Waals surface area contributed by atoms with Crippen molar-refractivity contribution in [2.75, 3.05) is 6.26 Å². The molecule has 1 aromatic heterocycles. The van der Waals surface area contributed by atoms with Gasteiger partial charge < -0.3 is 9.72 Å². The molecule has 0 aliphatic heterocycles. The fraction of sp³-hybridized carbons (Fsp3) is 0.200. The second-order valence-corrected chi connectivity index (χ2v) is 8.42. The normalized spacial score (nSPS) is 12.7. The molecular weight excluding hydrogens is 366 g/mol. The first-order valence-electron chi connectivity index (χ1n) is 8.30. The van der Waals surface area contributed by atoms with Crippen LogP contribution in [0, 0.1) is 6.92 Å². The number of ketones is 1. The Kier molecular flexibility index (Phi) is 4.89. The quantitative estimate of drug-likeness (QED) is 0.537. The van der Waals surface area contributed by atoms with Gasteiger partial charge in [0.1, 0.15) is 0 Å². The fourth-order valence-electron chi connectivity index (χ4n) is 2.82. The van der Waals surface area contributed by atoms with Gasteiger partial charge in [-0.3, -0.25) is 4.79 Å². The van der Waals surface area contributed by atoms with Gasteiger partial charge in [-0.05, 0) is 37.6 Å². The lowest BCUT2D eigenvalue weighted by molar-refractivity contribution is 0.0318. The van der Waals surface area contributed by atoms with E-state index >= 15 is 0 Å². The predicted molar refractivity (Wildman–Crippen MR) is 102 cm³/mol. The van der Waals surface area contributed by atoms with E-state index in [0.717, 1.165) is 17.2 Å². The van der Waals surface area contributed by atoms with Crippen LogP contribution in [0.15, 0.2) is 53.6 Å². The maximum Gasteiger partial charge on any atom is 0.339 e. The van der Waals surface area contributed by atoms with E-state index in [1.165, 1.54) is 19.1 Å². The second kappa shape index (κ2) is 7.00. The third-order valence-corrected chi connectivity index (χ3v) is 5.48. The fourth-order valence-corrected chi connectivity index (χ4v) is 3.47. The molecule has 1 N–H and O–H groups in total. The molecule has 27 heavy (non-hydrogen) atoms. The van der Waals surface area contributed by atoms with Crippen LogP contribution in [0.4, 0.5) is 0 Å². The molecule has 0 amide bonds. The van der Waals surface area contributed by atoms with Crippen LogP contribution in [0.5, 0.6) is 0 Å². The standard InChI is InChI=1S/C20H19NO5S/c1-12-8-9-14(27(3,24)25)10-16(12)20(23)26-13(2)19(22)17-11-21-18-7-5-4-6-15(17)18/h4-11,13,21H,1-3H3/t13-/m1/s1. The van der Waals surface area contributed by atoms with Crippen molar-refractivity contribution >= 4 is 32.5 Å². The third-order valence-electron chi connectivity index (χ3n) is 4.36. The van der Waals surface area contributed by atoms with Gasteiger partial charge in [-0.1, -0.05) is 24.3 Å². The van der Waals surface area contributed by atoms with E-state index in [1.54, 1.807) is 19.2 Å². The first kappa shape index (κ1) is 18.8. The van der Waals surface area contributed by atoms with E-state index < -0.39 is 21.9 Å². The van der Waals surface area contributed by atoms with Crippen LogP contribution in [0.25, 0.3) is 10.9 Å². The number of benzene rings is 2. The zero-order chi connectivity index (χ0) is 19.8. The average Bonchev–Trinajstić information content (AvgIpc) is 3.04. The van der Waals surface area contributed by atoms with Crippen molar-refractivity contribution in [3.8, 4) is 0 Å². The van der Waals surface area contributed by atoms with Gasteiger partial charge in [-0.25, -0.2) is 13.2 Å². The van der Waals surface area contributed by atoms with Crippen LogP contribution >= 0.6 is 0 Å². The summed E-state index contributed by atoms with van der Waals surface area (Å²) < 4.78 is 28.8. The van der Waals surface area contributed by atoms with E-state index in [2.05, 4.69) is 4.98 Å². The Morgan fingerprint density at radius 2 is 1.78 bits per heavy atom. The van der Waals surface area contributed by atoms with Crippen LogP contribution in [-0.4, -0.2) is 37.5 Å². The molecule has 0 aliphatic rings. The minimum absolute atomic E-state index is 0.0238. The summed E-state index contributed by atoms with van der Waals surface area (Å²) >= 11 is 0. The number of aromatic nitrogens is 1. The van der Waals surface area contributed by atoms with Crippen LogP contribution in [-0.2, 0) is 14.6 Å². The molecule has 0 aliphatic carbocycles. The number of esters is 1. The number of hydrogen-bond acceptors (Lipinski definition) is 5. The first-order valence-corrected chi connectivity index (χ1v) is 10.2. The number of hydrogen-bond donors (Lipinski definition) is 1. The van der Waals surface area contributed by atoms with Gasteiger partial charge in [0.25, 0.3) is 0 Å². The average molecular weight is 385 g/mol. The Labute approximate surface area is 157 Å². The SMILES string of the molecule is Cc1ccc(S(C)(=O)=O)cc1C(=O)O[C@H](C)C(=O)c1c[nH]c2ccccc12. The highest BCUT2D eigenvalue weighted by molar-refractivity contribution is 7.90. The highest BCUT2D eigenvalue weighted by Crippen LogP contribution is 2.21. The highest BCUT2D eigenvalue weighted by Gasteiger charge is 2.24. The minimum Gasteiger partial charge on any atom is -0.451 e. The predicted octanol–water partition coefficient (Wildman–Crippen LogP) is 3.31. The molecule has 3 rings (SSSR count). The molecule has 0 saturated heterocycles. The van der Waals surface area contributed by atoms with Crippen molar-refractivity contribution in [2.24, 2.45) is 0 Å². The number of para-hydroxylation sites is 1. The van der Waals surface area contributed by atoms with Crippen molar-refractivity contribution in [1.82, 2.24) is 4.98 Å². The van der Waals surface area contributed by atoms with Crippen molar-refractivity contribution in [3.63, 3.8) is 0 Å². The monoisotopic (exact) mass is 385 g/mol. The first-order chi connectivity index (χ1) is 12.7. The summed E-state index contributed by atoms with van der Waals surface area (Å²) in [5.41, 5.74) is 1.94. The Bertz CT molecular complexity index is 1140. The van der Waals surface area contributed by atoms with Crippen LogP contribution in [0.3, 0.4) is 0 Å². The lowest BCUT2D eigenvalue weighted by atomic mass is 10.1. The molecule has 1 heterocycles. The van der Waals surface area contributed by atoms with Crippen molar-refractivity contribution in [2.45, 2.75) is 24.8 Å². The number of nitrogens with one attached hydrogen (secondary N) is 1. The molecule has 0 spiro atoms. The number of aryl methyl sites for hydroxylation is 1. The van der Waals surface area contributed by atoms with Gasteiger partial charge in [-0.15, -0.1) is 0 Å². The molecule has 0 bridgehead atoms. The summed E-state index contributed by atoms with van der Waals surface area (Å²) in [5, 5.41) is 0.751. The van der Waals surface area contributed by atoms with Crippen molar-refractivity contribution < 1.29 is 22.7 Å². The van der Waals surface area contributed by atoms with Gasteiger partial charge in [-0.2, -0.15) is 0 Å². The maximum atomic E-state index is 12.7. The highest BCUT2D eigenvalue weighted by atomic mass is 32.2. The van der Waals surface area contributed by atoms with E-state index in [9.17, 15) is 18.0 Å². The zero-order valence-electron chi connectivity index (χ0n) is 15.1. The summed E-state index contributed by atoms with van der Waals surface area (Å²) in [6, 6.07) is 11.6. The number of Topliss-reactive ketones (excluding diaryl/α,β-unsaturated/α-hetero) is 1. The molecular formula is C20H19NO5S. The van der Waals surface area contributed by atoms with E-state index in [1.807, 2.05) is 24.3 Å². The maximum absolute atomic E-state index is 12.7. The number of ether oxygens (including phenoxy) is 1. The summed E-state index contributed by atoms with van der Waals surface area (Å²) in [7, 11) is -3.46. The number of fused-ring (bicyclic) bond motifs is 1.